The van der Waals surface area contributed by atoms with Crippen LogP contribution in [0.15, 0.2) is 30.3 Å². The van der Waals surface area contributed by atoms with E-state index < -0.39 is 28.7 Å². The molecule has 3 aliphatic heterocycles. The van der Waals surface area contributed by atoms with Gasteiger partial charge in [-0.3, -0.25) is 14.4 Å². The first-order valence-electron chi connectivity index (χ1n) is 11.6. The van der Waals surface area contributed by atoms with Crippen LogP contribution in [0.4, 0.5) is 0 Å². The molecule has 3 amide bonds. The second-order valence-corrected chi connectivity index (χ2v) is 10.8. The largest absolute Gasteiger partial charge is 0.394 e. The van der Waals surface area contributed by atoms with Gasteiger partial charge in [-0.25, -0.2) is 0 Å². The third-order valence-corrected chi connectivity index (χ3v) is 9.12. The highest BCUT2D eigenvalue weighted by atomic mass is 32.2. The summed E-state index contributed by atoms with van der Waals surface area (Å²) in [6, 6.07) is 8.58. The Kier molecular flexibility index (Phi) is 6.81. The van der Waals surface area contributed by atoms with Gasteiger partial charge in [-0.1, -0.05) is 43.7 Å². The number of benzene rings is 1. The van der Waals surface area contributed by atoms with Crippen molar-refractivity contribution in [1.29, 1.82) is 0 Å². The first kappa shape index (κ1) is 23.1. The topological polar surface area (TPSA) is 98.7 Å². The number of carbonyl (C=O) groups is 3. The highest BCUT2D eigenvalue weighted by Gasteiger charge is 2.73. The van der Waals surface area contributed by atoms with Gasteiger partial charge in [0.1, 0.15) is 6.04 Å². The minimum absolute atomic E-state index is 0.0391. The number of carbonyl (C=O) groups excluding carboxylic acids is 3. The van der Waals surface area contributed by atoms with E-state index in [4.69, 9.17) is 0 Å². The Bertz CT molecular complexity index is 866. The highest BCUT2D eigenvalue weighted by Crippen LogP contribution is 2.66. The minimum atomic E-state index is -0.652. The number of unbranched alkanes of at least 4 members (excludes halogenated alkanes) is 1. The van der Waals surface area contributed by atoms with Gasteiger partial charge in [0.25, 0.3) is 0 Å². The predicted molar refractivity (Wildman–Crippen MR) is 124 cm³/mol. The summed E-state index contributed by atoms with van der Waals surface area (Å²) in [6.45, 7) is 4.60. The smallest absolute Gasteiger partial charge is 0.244 e. The molecule has 0 saturated carbocycles. The van der Waals surface area contributed by atoms with Crippen LogP contribution in [0.3, 0.4) is 0 Å². The van der Waals surface area contributed by atoms with Gasteiger partial charge in [0.15, 0.2) is 0 Å². The fourth-order valence-corrected chi connectivity index (χ4v) is 7.85. The van der Waals surface area contributed by atoms with Crippen molar-refractivity contribution < 1.29 is 19.5 Å². The summed E-state index contributed by atoms with van der Waals surface area (Å²) in [5.74, 6) is -1.43. The second-order valence-electron chi connectivity index (χ2n) is 9.18. The van der Waals surface area contributed by atoms with Crippen LogP contribution in [-0.4, -0.2) is 63.0 Å². The number of likely N-dealkylation sites (tertiary alicyclic amines) is 1. The number of aliphatic hydroxyl groups is 1. The summed E-state index contributed by atoms with van der Waals surface area (Å²) in [5, 5.41) is 15.9. The minimum Gasteiger partial charge on any atom is -0.394 e. The van der Waals surface area contributed by atoms with Gasteiger partial charge in [0.05, 0.1) is 29.2 Å². The number of aliphatic hydroxyl groups excluding tert-OH is 1. The van der Waals surface area contributed by atoms with Crippen LogP contribution in [0.25, 0.3) is 0 Å². The SMILES string of the molecule is CCCCNC(=O)C1N([C@H](C)CO)C(=O)[C@@H]2[C@H](C(=O)NCc3ccccc3)[C@@H]3CCC12S3. The fraction of sp³-hybridized carbons (Fsp3) is 0.625. The van der Waals surface area contributed by atoms with Crippen molar-refractivity contribution in [2.75, 3.05) is 13.2 Å². The number of nitrogens with one attached hydrogen (secondary N) is 2. The van der Waals surface area contributed by atoms with Crippen LogP contribution in [-0.2, 0) is 20.9 Å². The molecular formula is C24H33N3O4S. The molecule has 1 spiro atoms. The molecule has 32 heavy (non-hydrogen) atoms. The van der Waals surface area contributed by atoms with Crippen molar-refractivity contribution >= 4 is 29.5 Å². The molecule has 1 aromatic rings. The molecule has 3 aliphatic rings. The Morgan fingerprint density at radius 1 is 1.25 bits per heavy atom. The van der Waals surface area contributed by atoms with Gasteiger partial charge in [0, 0.05) is 18.3 Å². The molecule has 7 nitrogen and oxygen atoms in total. The molecule has 4 rings (SSSR count). The molecule has 6 atom stereocenters. The van der Waals surface area contributed by atoms with Gasteiger partial charge in [-0.05, 0) is 31.7 Å². The lowest BCUT2D eigenvalue weighted by molar-refractivity contribution is -0.142. The molecule has 3 heterocycles. The molecule has 2 unspecified atom stereocenters. The Balaban J connectivity index is 1.58. The lowest BCUT2D eigenvalue weighted by atomic mass is 9.70. The molecule has 0 radical (unpaired) electrons. The van der Waals surface area contributed by atoms with Crippen LogP contribution >= 0.6 is 11.8 Å². The van der Waals surface area contributed by atoms with E-state index in [0.29, 0.717) is 13.1 Å². The summed E-state index contributed by atoms with van der Waals surface area (Å²) >= 11 is 1.65. The van der Waals surface area contributed by atoms with Gasteiger partial charge < -0.3 is 20.6 Å². The summed E-state index contributed by atoms with van der Waals surface area (Å²) < 4.78 is -0.601. The number of fused-ring (bicyclic) bond motifs is 1. The molecule has 3 fully saturated rings. The summed E-state index contributed by atoms with van der Waals surface area (Å²) in [7, 11) is 0. The van der Waals surface area contributed by atoms with Crippen LogP contribution < -0.4 is 10.6 Å². The van der Waals surface area contributed by atoms with E-state index in [9.17, 15) is 19.5 Å². The molecule has 2 bridgehead atoms. The predicted octanol–water partition coefficient (Wildman–Crippen LogP) is 1.69. The zero-order valence-electron chi connectivity index (χ0n) is 18.8. The van der Waals surface area contributed by atoms with E-state index in [0.717, 1.165) is 31.2 Å². The zero-order chi connectivity index (χ0) is 22.9. The average molecular weight is 460 g/mol. The monoisotopic (exact) mass is 459 g/mol. The third kappa shape index (κ3) is 3.81. The highest BCUT2D eigenvalue weighted by molar-refractivity contribution is 8.02. The van der Waals surface area contributed by atoms with Crippen molar-refractivity contribution in [3.8, 4) is 0 Å². The van der Waals surface area contributed by atoms with Gasteiger partial charge in [-0.2, -0.15) is 0 Å². The Hall–Kier alpha value is -2.06. The molecule has 3 saturated heterocycles. The van der Waals surface area contributed by atoms with Crippen molar-refractivity contribution in [1.82, 2.24) is 15.5 Å². The Morgan fingerprint density at radius 3 is 2.69 bits per heavy atom. The molecule has 8 heteroatoms. The maximum absolute atomic E-state index is 13.6. The number of thioether (sulfide) groups is 1. The fourth-order valence-electron chi connectivity index (χ4n) is 5.64. The number of hydrogen-bond acceptors (Lipinski definition) is 5. The van der Waals surface area contributed by atoms with Crippen LogP contribution in [0.2, 0.25) is 0 Å². The van der Waals surface area contributed by atoms with Gasteiger partial charge >= 0.3 is 0 Å². The van der Waals surface area contributed by atoms with Crippen molar-refractivity contribution in [2.24, 2.45) is 11.8 Å². The van der Waals surface area contributed by atoms with Gasteiger partial charge in [-0.15, -0.1) is 11.8 Å². The van der Waals surface area contributed by atoms with Crippen molar-refractivity contribution in [2.45, 2.75) is 68.2 Å². The summed E-state index contributed by atoms with van der Waals surface area (Å²) in [6.07, 6.45) is 3.40. The maximum Gasteiger partial charge on any atom is 0.244 e. The number of nitrogens with zero attached hydrogens (tertiary/aromatic N) is 1. The van der Waals surface area contributed by atoms with Crippen molar-refractivity contribution in [3.05, 3.63) is 35.9 Å². The molecule has 1 aromatic carbocycles. The maximum atomic E-state index is 13.6. The zero-order valence-corrected chi connectivity index (χ0v) is 19.6. The lowest BCUT2D eigenvalue weighted by Gasteiger charge is -2.36. The van der Waals surface area contributed by atoms with E-state index in [1.165, 1.54) is 0 Å². The lowest BCUT2D eigenvalue weighted by Crippen LogP contribution is -2.56. The quantitative estimate of drug-likeness (QED) is 0.488. The Labute approximate surface area is 193 Å². The first-order valence-corrected chi connectivity index (χ1v) is 12.5. The van der Waals surface area contributed by atoms with E-state index in [2.05, 4.69) is 17.6 Å². The summed E-state index contributed by atoms with van der Waals surface area (Å²) in [4.78, 5) is 41.8. The average Bonchev–Trinajstić information content (AvgIpc) is 3.45. The standard InChI is InChI=1S/C24H33N3O4S/c1-3-4-12-25-22(30)20-24-11-10-17(32-24)18(19(24)23(31)27(20)15(2)14-28)21(29)26-13-16-8-6-5-7-9-16/h5-9,15,17-20,28H,3-4,10-14H2,1-2H3,(H,25,30)(H,26,29)/t15-,17+,18-,19+,20?,24?/m1/s1. The van der Waals surface area contributed by atoms with Crippen LogP contribution in [0.5, 0.6) is 0 Å². The molecular weight excluding hydrogens is 426 g/mol. The van der Waals surface area contributed by atoms with E-state index in [1.54, 1.807) is 23.6 Å². The molecule has 0 aliphatic carbocycles. The van der Waals surface area contributed by atoms with Gasteiger partial charge in [0.2, 0.25) is 17.7 Å². The van der Waals surface area contributed by atoms with Crippen LogP contribution in [0.1, 0.15) is 45.1 Å². The molecule has 0 aromatic heterocycles. The van der Waals surface area contributed by atoms with E-state index in [-0.39, 0.29) is 29.6 Å². The van der Waals surface area contributed by atoms with Crippen molar-refractivity contribution in [3.63, 3.8) is 0 Å². The van der Waals surface area contributed by atoms with E-state index in [1.807, 2.05) is 30.3 Å². The Morgan fingerprint density at radius 2 is 2.00 bits per heavy atom. The summed E-state index contributed by atoms with van der Waals surface area (Å²) in [5.41, 5.74) is 1.01. The number of hydrogen-bond donors (Lipinski definition) is 3. The molecule has 3 N–H and O–H groups in total. The van der Waals surface area contributed by atoms with E-state index >= 15 is 0 Å². The molecule has 174 valence electrons. The van der Waals surface area contributed by atoms with Crippen LogP contribution in [0, 0.1) is 11.8 Å². The number of rotatable bonds is 9. The third-order valence-electron chi connectivity index (χ3n) is 7.17. The normalized spacial score (nSPS) is 31.5. The first-order chi connectivity index (χ1) is 15.4. The second kappa shape index (κ2) is 9.43. The number of amides is 3.